The van der Waals surface area contributed by atoms with E-state index in [4.69, 9.17) is 0 Å². The largest absolute Gasteiger partial charge is 0.434 e. The summed E-state index contributed by atoms with van der Waals surface area (Å²) in [7, 11) is 0. The number of thiazole rings is 1. The van der Waals surface area contributed by atoms with Crippen LogP contribution >= 0.6 is 11.3 Å². The van der Waals surface area contributed by atoms with Crippen molar-refractivity contribution in [2.24, 2.45) is 0 Å². The first kappa shape index (κ1) is 15.9. The van der Waals surface area contributed by atoms with Crippen molar-refractivity contribution in [3.8, 4) is 5.75 Å². The van der Waals surface area contributed by atoms with Crippen LogP contribution < -0.4 is 10.1 Å². The molecule has 0 aliphatic rings. The maximum atomic E-state index is 12.4. The highest BCUT2D eigenvalue weighted by Gasteiger charge is 2.18. The Balaban J connectivity index is 2.11. The van der Waals surface area contributed by atoms with E-state index in [0.717, 1.165) is 9.88 Å². The van der Waals surface area contributed by atoms with Gasteiger partial charge in [-0.1, -0.05) is 18.2 Å². The third-order valence-electron chi connectivity index (χ3n) is 3.11. The fourth-order valence-electron chi connectivity index (χ4n) is 2.15. The van der Waals surface area contributed by atoms with E-state index in [1.54, 1.807) is 29.5 Å². The number of alkyl halides is 2. The summed E-state index contributed by atoms with van der Waals surface area (Å²) in [5.41, 5.74) is 0.706. The number of aryl methyl sites for hydroxylation is 1. The molecule has 2 atom stereocenters. The molecule has 1 heterocycles. The molecule has 1 N–H and O–H groups in total. The average molecular weight is 312 g/mol. The van der Waals surface area contributed by atoms with Crippen LogP contribution in [-0.4, -0.2) is 11.6 Å². The molecular weight excluding hydrogens is 294 g/mol. The first-order valence-electron chi connectivity index (χ1n) is 6.69. The normalized spacial score (nSPS) is 14.2. The van der Waals surface area contributed by atoms with Crippen molar-refractivity contribution in [1.82, 2.24) is 10.3 Å². The Bertz CT molecular complexity index is 589. The predicted molar refractivity (Wildman–Crippen MR) is 79.9 cm³/mol. The summed E-state index contributed by atoms with van der Waals surface area (Å²) in [6, 6.07) is 6.75. The minimum Gasteiger partial charge on any atom is -0.434 e. The molecule has 21 heavy (non-hydrogen) atoms. The van der Waals surface area contributed by atoms with Gasteiger partial charge in [-0.15, -0.1) is 11.3 Å². The minimum absolute atomic E-state index is 0.0401. The molecule has 3 nitrogen and oxygen atoms in total. The van der Waals surface area contributed by atoms with Crippen molar-refractivity contribution in [3.05, 3.63) is 45.9 Å². The van der Waals surface area contributed by atoms with E-state index < -0.39 is 6.61 Å². The zero-order valence-electron chi connectivity index (χ0n) is 12.1. The lowest BCUT2D eigenvalue weighted by atomic mass is 10.1. The summed E-state index contributed by atoms with van der Waals surface area (Å²) in [4.78, 5) is 5.48. The van der Waals surface area contributed by atoms with E-state index in [2.05, 4.69) is 15.0 Å². The van der Waals surface area contributed by atoms with Crippen molar-refractivity contribution in [1.29, 1.82) is 0 Å². The van der Waals surface area contributed by atoms with Gasteiger partial charge in [0, 0.05) is 22.7 Å². The average Bonchev–Trinajstić information content (AvgIpc) is 2.85. The molecule has 114 valence electrons. The summed E-state index contributed by atoms with van der Waals surface area (Å²) in [6.45, 7) is 3.11. The van der Waals surface area contributed by atoms with Crippen LogP contribution in [0.2, 0.25) is 0 Å². The van der Waals surface area contributed by atoms with Crippen molar-refractivity contribution in [2.45, 2.75) is 39.5 Å². The third kappa shape index (κ3) is 4.22. The van der Waals surface area contributed by atoms with Crippen molar-refractivity contribution in [2.75, 3.05) is 0 Å². The standard InChI is InChI=1S/C15H18F2N2OS/c1-9-8-18-14(21-9)11(3)19-10(2)12-6-4-5-7-13(12)20-15(16)17/h4-8,10-11,15,19H,1-3H3. The van der Waals surface area contributed by atoms with Gasteiger partial charge in [-0.2, -0.15) is 8.78 Å². The fourth-order valence-corrected chi connectivity index (χ4v) is 2.94. The highest BCUT2D eigenvalue weighted by molar-refractivity contribution is 7.11. The summed E-state index contributed by atoms with van der Waals surface area (Å²) in [5.74, 6) is 0.204. The number of rotatable bonds is 6. The third-order valence-corrected chi connectivity index (χ3v) is 4.21. The Kier molecular flexibility index (Phi) is 5.25. The number of ether oxygens (including phenoxy) is 1. The molecule has 2 aromatic rings. The zero-order chi connectivity index (χ0) is 15.4. The number of nitrogens with one attached hydrogen (secondary N) is 1. The Morgan fingerprint density at radius 2 is 1.90 bits per heavy atom. The maximum Gasteiger partial charge on any atom is 0.387 e. The molecule has 0 saturated heterocycles. The van der Waals surface area contributed by atoms with Gasteiger partial charge in [-0.3, -0.25) is 0 Å². The van der Waals surface area contributed by atoms with E-state index in [1.807, 2.05) is 33.0 Å². The Morgan fingerprint density at radius 1 is 1.19 bits per heavy atom. The number of hydrogen-bond donors (Lipinski definition) is 1. The fraction of sp³-hybridized carbons (Fsp3) is 0.400. The zero-order valence-corrected chi connectivity index (χ0v) is 13.0. The van der Waals surface area contributed by atoms with Crippen molar-refractivity contribution < 1.29 is 13.5 Å². The molecule has 1 aromatic carbocycles. The topological polar surface area (TPSA) is 34.2 Å². The second-order valence-electron chi connectivity index (χ2n) is 4.84. The quantitative estimate of drug-likeness (QED) is 0.855. The van der Waals surface area contributed by atoms with Crippen molar-refractivity contribution in [3.63, 3.8) is 0 Å². The van der Waals surface area contributed by atoms with Gasteiger partial charge in [0.05, 0.1) is 6.04 Å². The van der Waals surface area contributed by atoms with E-state index >= 15 is 0 Å². The molecule has 1 aromatic heterocycles. The van der Waals surface area contributed by atoms with Gasteiger partial charge in [0.25, 0.3) is 0 Å². The molecule has 0 amide bonds. The highest BCUT2D eigenvalue weighted by Crippen LogP contribution is 2.29. The molecule has 0 radical (unpaired) electrons. The predicted octanol–water partition coefficient (Wildman–Crippen LogP) is 4.46. The van der Waals surface area contributed by atoms with Crippen LogP contribution in [0.1, 0.15) is 41.4 Å². The second kappa shape index (κ2) is 6.95. The number of para-hydroxylation sites is 1. The van der Waals surface area contributed by atoms with Crippen LogP contribution in [0.5, 0.6) is 5.75 Å². The molecular formula is C15H18F2N2OS. The number of benzene rings is 1. The van der Waals surface area contributed by atoms with Gasteiger partial charge in [0.2, 0.25) is 0 Å². The van der Waals surface area contributed by atoms with Gasteiger partial charge in [-0.05, 0) is 26.8 Å². The Hall–Kier alpha value is -1.53. The summed E-state index contributed by atoms with van der Waals surface area (Å²) in [5, 5.41) is 4.34. The Labute approximate surface area is 127 Å². The lowest BCUT2D eigenvalue weighted by molar-refractivity contribution is -0.0506. The van der Waals surface area contributed by atoms with Crippen molar-refractivity contribution >= 4 is 11.3 Å². The molecule has 0 fully saturated rings. The van der Waals surface area contributed by atoms with E-state index in [0.29, 0.717) is 5.56 Å². The number of hydrogen-bond acceptors (Lipinski definition) is 4. The van der Waals surface area contributed by atoms with Crippen LogP contribution in [0.4, 0.5) is 8.78 Å². The van der Waals surface area contributed by atoms with Crippen LogP contribution in [0.3, 0.4) is 0 Å². The molecule has 0 bridgehead atoms. The molecule has 6 heteroatoms. The molecule has 0 aliphatic carbocycles. The molecule has 2 rings (SSSR count). The summed E-state index contributed by atoms with van der Waals surface area (Å²) >= 11 is 1.62. The van der Waals surface area contributed by atoms with Crippen LogP contribution in [0.15, 0.2) is 30.5 Å². The second-order valence-corrected chi connectivity index (χ2v) is 6.10. The first-order chi connectivity index (χ1) is 9.97. The molecule has 0 aliphatic heterocycles. The van der Waals surface area contributed by atoms with Gasteiger partial charge in [0.1, 0.15) is 10.8 Å². The van der Waals surface area contributed by atoms with E-state index in [9.17, 15) is 8.78 Å². The lowest BCUT2D eigenvalue weighted by Gasteiger charge is -2.21. The summed E-state index contributed by atoms with van der Waals surface area (Å²) in [6.07, 6.45) is 1.83. The number of nitrogens with zero attached hydrogens (tertiary/aromatic N) is 1. The van der Waals surface area contributed by atoms with Gasteiger partial charge in [-0.25, -0.2) is 4.98 Å². The maximum absolute atomic E-state index is 12.4. The highest BCUT2D eigenvalue weighted by atomic mass is 32.1. The van der Waals surface area contributed by atoms with Crippen LogP contribution in [0, 0.1) is 6.92 Å². The van der Waals surface area contributed by atoms with Crippen LogP contribution in [0.25, 0.3) is 0 Å². The SMILES string of the molecule is Cc1cnc(C(C)NC(C)c2ccccc2OC(F)F)s1. The van der Waals surface area contributed by atoms with Crippen LogP contribution in [-0.2, 0) is 0 Å². The number of halogens is 2. The molecule has 0 saturated carbocycles. The monoisotopic (exact) mass is 312 g/mol. The molecule has 0 spiro atoms. The van der Waals surface area contributed by atoms with Gasteiger partial charge >= 0.3 is 6.61 Å². The van der Waals surface area contributed by atoms with Gasteiger partial charge < -0.3 is 10.1 Å². The van der Waals surface area contributed by atoms with Gasteiger partial charge in [0.15, 0.2) is 0 Å². The minimum atomic E-state index is -2.82. The first-order valence-corrected chi connectivity index (χ1v) is 7.51. The Morgan fingerprint density at radius 3 is 2.52 bits per heavy atom. The lowest BCUT2D eigenvalue weighted by Crippen LogP contribution is -2.23. The number of aromatic nitrogens is 1. The van der Waals surface area contributed by atoms with E-state index in [1.165, 1.54) is 0 Å². The smallest absolute Gasteiger partial charge is 0.387 e. The summed E-state index contributed by atoms with van der Waals surface area (Å²) < 4.78 is 29.5. The van der Waals surface area contributed by atoms with E-state index in [-0.39, 0.29) is 17.8 Å². The molecule has 2 unspecified atom stereocenters.